The minimum Gasteiger partial charge on any atom is -0.391 e. The van der Waals surface area contributed by atoms with Gasteiger partial charge in [0.1, 0.15) is 24.9 Å². The van der Waals surface area contributed by atoms with Gasteiger partial charge < -0.3 is 59.6 Å². The number of nitrogens with one attached hydrogen (secondary N) is 1. The topological polar surface area (TPSA) is 253 Å². The summed E-state index contributed by atoms with van der Waals surface area (Å²) >= 11 is 18.4. The number of aromatic nitrogens is 7. The quantitative estimate of drug-likeness (QED) is 0.114. The molecule has 3 N–H and O–H groups in total. The molecule has 4 aromatic heterocycles. The van der Waals surface area contributed by atoms with Crippen molar-refractivity contribution in [3.8, 4) is 0 Å². The Kier molecular flexibility index (Phi) is 47.8. The number of hydrogen-bond donors (Lipinski definition) is 3. The second kappa shape index (κ2) is 56.9. The van der Waals surface area contributed by atoms with Crippen molar-refractivity contribution in [2.75, 3.05) is 265 Å². The third kappa shape index (κ3) is 40.7. The summed E-state index contributed by atoms with van der Waals surface area (Å²) in [5, 5.41) is 22.9. The van der Waals surface area contributed by atoms with E-state index >= 15 is 0 Å². The number of pyridine rings is 1. The lowest BCUT2D eigenvalue weighted by molar-refractivity contribution is -0.138. The van der Waals surface area contributed by atoms with Gasteiger partial charge in [0, 0.05) is 331 Å². The maximum atomic E-state index is 12.7. The second-order valence-corrected chi connectivity index (χ2v) is 49.4. The van der Waals surface area contributed by atoms with E-state index in [9.17, 15) is 32.7 Å². The van der Waals surface area contributed by atoms with Gasteiger partial charge in [-0.1, -0.05) is 59.6 Å². The normalized spacial score (nSPS) is 18.6. The van der Waals surface area contributed by atoms with Gasteiger partial charge in [-0.25, -0.2) is 24.9 Å². The molecule has 31 nitrogen and oxygen atoms in total. The van der Waals surface area contributed by atoms with Crippen molar-refractivity contribution in [2.24, 2.45) is 0 Å². The minimum absolute atomic E-state index is 0.00431. The molecule has 0 saturated carbocycles. The van der Waals surface area contributed by atoms with Crippen LogP contribution in [0.15, 0.2) is 135 Å². The van der Waals surface area contributed by atoms with E-state index < -0.39 is 11.7 Å². The molecule has 0 radical (unpaired) electrons. The fourth-order valence-corrected chi connectivity index (χ4v) is 19.6. The molecule has 150 heavy (non-hydrogen) atoms. The number of anilines is 6. The van der Waals surface area contributed by atoms with E-state index in [2.05, 4.69) is 307 Å². The Bertz CT molecular complexity index is 5220. The molecule has 0 atom stereocenters. The fourth-order valence-electron chi connectivity index (χ4n) is 19.0. The molecule has 0 aliphatic carbocycles. The average Bonchev–Trinajstić information content (AvgIpc) is 0.836. The van der Waals surface area contributed by atoms with Gasteiger partial charge in [0.05, 0.1) is 40.6 Å². The number of carbonyl (C=O) groups excluding carboxylic acids is 3. The number of alkyl halides is 3. The second-order valence-electron chi connectivity index (χ2n) is 48.2. The fraction of sp³-hybridized carbons (Fsp3) is 0.655. The van der Waals surface area contributed by atoms with Gasteiger partial charge in [0.15, 0.2) is 5.82 Å². The first-order valence-electron chi connectivity index (χ1n) is 53.4. The van der Waals surface area contributed by atoms with E-state index in [-0.39, 0.29) is 80.8 Å². The number of amides is 3. The van der Waals surface area contributed by atoms with E-state index in [0.29, 0.717) is 28.1 Å². The van der Waals surface area contributed by atoms with E-state index in [0.717, 1.165) is 268 Å². The van der Waals surface area contributed by atoms with E-state index in [4.69, 9.17) is 46.5 Å². The van der Waals surface area contributed by atoms with Crippen molar-refractivity contribution in [1.29, 1.82) is 0 Å². The molecule has 9 fully saturated rings. The van der Waals surface area contributed by atoms with Crippen LogP contribution in [0, 0.1) is 6.57 Å². The van der Waals surface area contributed by atoms with Gasteiger partial charge in [-0.15, -0.1) is 4.98 Å². The SMILES string of the molecule is CC(C)(C)N1CCN(C(=O)CO)CC1.CC(C)(C)N1CCN(C(=O)c2ccncc2)CC1.CC(C)(C)N1CCN(c2cccc(C(F)(F)F)c2)CC1.CC(C)(C)N1CCN(c2cccc(Cl)c2)CC1.CC(C)(C)N1CCN(c2cccc(Cl)c2Cl)CC1.CC(C)(C)N1CCN(c2ncccn2)CC1.CC(C)(C)N1CCN(c2ncncc2CO)CC1.CC(C)(C)N1CCNC(=O)C1.[C-]#[N+]c1nccnc1N1CCN(C(C)(C)C)CC1. The van der Waals surface area contributed by atoms with Gasteiger partial charge in [-0.3, -0.25) is 63.5 Å². The molecule has 16 rings (SSSR count). The highest BCUT2D eigenvalue weighted by Crippen LogP contribution is 2.37. The van der Waals surface area contributed by atoms with Gasteiger partial charge >= 0.3 is 12.0 Å². The smallest absolute Gasteiger partial charge is 0.391 e. The summed E-state index contributed by atoms with van der Waals surface area (Å²) in [7, 11) is 0. The lowest BCUT2D eigenvalue weighted by Gasteiger charge is -2.43. The summed E-state index contributed by atoms with van der Waals surface area (Å²) in [6.45, 7) is 99.4. The summed E-state index contributed by atoms with van der Waals surface area (Å²) in [6, 6.07) is 25.0. The molecular formula is C113H180Cl3F3N26O5. The van der Waals surface area contributed by atoms with Gasteiger partial charge in [-0.2, -0.15) is 13.2 Å². The Morgan fingerprint density at radius 1 is 0.380 bits per heavy atom. The molecule has 9 aliphatic heterocycles. The molecule has 0 unspecified atom stereocenters. The van der Waals surface area contributed by atoms with Crippen LogP contribution in [0.2, 0.25) is 15.1 Å². The summed E-state index contributed by atoms with van der Waals surface area (Å²) in [5.74, 6) is 2.97. The summed E-state index contributed by atoms with van der Waals surface area (Å²) < 4.78 is 38.2. The van der Waals surface area contributed by atoms with Crippen molar-refractivity contribution >= 4 is 93.0 Å². The van der Waals surface area contributed by atoms with Gasteiger partial charge in [0.25, 0.3) is 5.91 Å². The van der Waals surface area contributed by atoms with Crippen molar-refractivity contribution < 1.29 is 37.8 Å². The molecule has 9 saturated heterocycles. The number of aliphatic hydroxyl groups excluding tert-OH is 2. The largest absolute Gasteiger partial charge is 0.416 e. The molecule has 0 bridgehead atoms. The highest BCUT2D eigenvalue weighted by molar-refractivity contribution is 6.43. The number of hydrogen-bond acceptors (Lipinski definition) is 27. The summed E-state index contributed by atoms with van der Waals surface area (Å²) in [5.41, 5.74) is 5.72. The first-order chi connectivity index (χ1) is 70.1. The monoisotopic (exact) mass is 2140 g/mol. The Morgan fingerprint density at radius 2 is 0.753 bits per heavy atom. The average molecular weight is 2150 g/mol. The lowest BCUT2D eigenvalue weighted by Crippen LogP contribution is -2.55. The van der Waals surface area contributed by atoms with Crippen LogP contribution in [0.25, 0.3) is 4.85 Å². The predicted octanol–water partition coefficient (Wildman–Crippen LogP) is 16.8. The zero-order valence-electron chi connectivity index (χ0n) is 95.4. The molecule has 834 valence electrons. The molecule has 3 amide bonds. The van der Waals surface area contributed by atoms with Crippen LogP contribution in [-0.2, 0) is 22.4 Å². The lowest BCUT2D eigenvalue weighted by atomic mass is 10.0. The van der Waals surface area contributed by atoms with Crippen molar-refractivity contribution in [2.45, 2.75) is 250 Å². The van der Waals surface area contributed by atoms with Crippen LogP contribution in [0.3, 0.4) is 0 Å². The standard InChI is InChI=1S/C15H21F3N2.C14H20Cl2N2.C14H21ClN2.C14H21N3O.C13H19N5.C13H22N4O.C12H20N4.C10H20N2O2.C8H16N2O/c1-14(2,3)20-9-7-19(8-10-20)13-6-4-5-12(11-13)15(16,17)18;1-14(2,3)18-9-7-17(8-10-18)12-6-4-5-11(15)13(12)16;1-14(2,3)17-9-7-16(8-10-17)13-6-4-5-12(15)11-13;1-14(2,3)17-10-8-16(9-11-17)13(18)12-4-6-15-7-5-12;1-13(2,3)18-9-7-17(8-10-18)12-11(14-4)15-5-6-16-12;1-13(2,3)17-6-4-16(5-7-17)12-11(9-18)8-14-10-15-12;1-12(2,3)16-9-7-15(8-10-16)11-13-5-4-6-14-11;1-10(2,3)12-6-4-11(5-7-12)9(14)8-13;1-8(2,3)10-5-4-9-7(11)6-10/h4-6,11H,7-10H2,1-3H3;4-6H,7-10H2,1-3H3;4-6,11H,7-10H2,1-3H3;4-7H,8-11H2,1-3H3;5-6H,7-10H2,1-3H3;8,10,18H,4-7,9H2,1-3H3;4-6H,7-10H2,1-3H3;13H,4-8H2,1-3H3;4-6H2,1-3H3,(H,9,11). The summed E-state index contributed by atoms with van der Waals surface area (Å²) in [6.07, 6.45) is 9.13. The zero-order valence-corrected chi connectivity index (χ0v) is 97.7. The highest BCUT2D eigenvalue weighted by atomic mass is 35.5. The minimum atomic E-state index is -4.27. The van der Waals surface area contributed by atoms with Gasteiger partial charge in [0.2, 0.25) is 17.8 Å². The van der Waals surface area contributed by atoms with Crippen molar-refractivity contribution in [3.05, 3.63) is 178 Å². The molecule has 13 heterocycles. The maximum absolute atomic E-state index is 12.7. The van der Waals surface area contributed by atoms with Crippen LogP contribution in [-0.4, -0.2) is 402 Å². The van der Waals surface area contributed by atoms with Crippen LogP contribution in [0.1, 0.15) is 208 Å². The molecular weight excluding hydrogens is 1960 g/mol. The third-order valence-corrected chi connectivity index (χ3v) is 29.7. The Hall–Kier alpha value is -9.03. The van der Waals surface area contributed by atoms with Crippen molar-refractivity contribution in [3.63, 3.8) is 0 Å². The highest BCUT2D eigenvalue weighted by Gasteiger charge is 2.38. The molecule has 3 aromatic carbocycles. The zero-order chi connectivity index (χ0) is 111. The first-order valence-corrected chi connectivity index (χ1v) is 54.5. The number of halogens is 6. The Labute approximate surface area is 911 Å². The number of aliphatic hydroxyl groups is 2. The number of benzene rings is 3. The van der Waals surface area contributed by atoms with Crippen molar-refractivity contribution in [1.82, 2.24) is 94.1 Å². The number of rotatable bonds is 9. The predicted molar refractivity (Wildman–Crippen MR) is 610 cm³/mol. The van der Waals surface area contributed by atoms with Crippen LogP contribution in [0.5, 0.6) is 0 Å². The summed E-state index contributed by atoms with van der Waals surface area (Å²) in [4.78, 5) is 106. The Balaban J connectivity index is 0.000000206. The van der Waals surface area contributed by atoms with E-state index in [1.807, 2.05) is 52.3 Å². The van der Waals surface area contributed by atoms with E-state index in [1.54, 1.807) is 72.8 Å². The third-order valence-electron chi connectivity index (χ3n) is 28.6. The molecule has 0 spiro atoms. The van der Waals surface area contributed by atoms with Gasteiger partial charge in [-0.05, 0) is 254 Å². The van der Waals surface area contributed by atoms with Crippen LogP contribution >= 0.6 is 34.8 Å². The molecule has 37 heteroatoms. The number of carbonyl (C=O) groups is 3. The van der Waals surface area contributed by atoms with Crippen LogP contribution in [0.4, 0.5) is 53.6 Å². The molecule has 9 aliphatic rings. The maximum Gasteiger partial charge on any atom is 0.416 e. The number of piperazine rings is 9. The first kappa shape index (κ1) is 126. The Morgan fingerprint density at radius 3 is 1.14 bits per heavy atom. The van der Waals surface area contributed by atoms with Crippen LogP contribution < -0.4 is 34.7 Å². The van der Waals surface area contributed by atoms with E-state index in [1.165, 1.54) is 17.8 Å². The number of nitrogens with zero attached hydrogens (tertiary/aromatic N) is 25. The molecule has 7 aromatic rings.